The molecule has 94 valence electrons. The second-order valence-electron chi connectivity index (χ2n) is 3.21. The fourth-order valence-electron chi connectivity index (χ4n) is 1.17. The third kappa shape index (κ3) is 4.12. The molecule has 0 aromatic rings. The standard InChI is InChI=1S/C10H9ClF3NOS/c11-7-4-6(10(12,13)14)2-1-3-8(7)15-9(16)5-17/h2-4,17H,1,5H2,(H,15,16). The van der Waals surface area contributed by atoms with E-state index >= 15 is 0 Å². The van der Waals surface area contributed by atoms with Crippen LogP contribution < -0.4 is 5.32 Å². The van der Waals surface area contributed by atoms with E-state index in [1.165, 1.54) is 6.08 Å². The first-order valence-electron chi connectivity index (χ1n) is 4.60. The molecule has 0 radical (unpaired) electrons. The number of thiol groups is 1. The van der Waals surface area contributed by atoms with Gasteiger partial charge < -0.3 is 5.32 Å². The minimum Gasteiger partial charge on any atom is -0.324 e. The summed E-state index contributed by atoms with van der Waals surface area (Å²) < 4.78 is 37.4. The van der Waals surface area contributed by atoms with Crippen molar-refractivity contribution in [1.29, 1.82) is 0 Å². The first-order chi connectivity index (χ1) is 7.84. The minimum absolute atomic E-state index is 0.0454. The van der Waals surface area contributed by atoms with Crippen LogP contribution in [0.3, 0.4) is 0 Å². The molecule has 0 aliphatic heterocycles. The van der Waals surface area contributed by atoms with Gasteiger partial charge in [0.15, 0.2) is 0 Å². The Morgan fingerprint density at radius 2 is 2.12 bits per heavy atom. The number of rotatable bonds is 2. The SMILES string of the molecule is O=C(CS)NC1=CCC=C(C(F)(F)F)C=C1Cl. The zero-order valence-electron chi connectivity index (χ0n) is 8.51. The molecule has 0 atom stereocenters. The summed E-state index contributed by atoms with van der Waals surface area (Å²) in [5.41, 5.74) is -0.657. The number of carbonyl (C=O) groups excluding carboxylic acids is 1. The molecule has 0 fully saturated rings. The van der Waals surface area contributed by atoms with Crippen LogP contribution in [0.5, 0.6) is 0 Å². The van der Waals surface area contributed by atoms with E-state index in [1.54, 1.807) is 0 Å². The van der Waals surface area contributed by atoms with Crippen molar-refractivity contribution in [2.24, 2.45) is 0 Å². The number of halogens is 4. The Morgan fingerprint density at radius 3 is 2.65 bits per heavy atom. The lowest BCUT2D eigenvalue weighted by Crippen LogP contribution is -2.24. The number of amides is 1. The predicted octanol–water partition coefficient (Wildman–Crippen LogP) is 2.93. The summed E-state index contributed by atoms with van der Waals surface area (Å²) in [5.74, 6) is -0.497. The first kappa shape index (κ1) is 14.2. The molecule has 7 heteroatoms. The third-order valence-electron chi connectivity index (χ3n) is 1.94. The lowest BCUT2D eigenvalue weighted by molar-refractivity contribution is -0.117. The molecule has 0 saturated carbocycles. The van der Waals surface area contributed by atoms with E-state index in [1.807, 2.05) is 0 Å². The Bertz CT molecular complexity index is 412. The smallest absolute Gasteiger partial charge is 0.324 e. The maximum absolute atomic E-state index is 12.5. The fraction of sp³-hybridized carbons (Fsp3) is 0.300. The lowest BCUT2D eigenvalue weighted by atomic mass is 10.2. The van der Waals surface area contributed by atoms with Crippen LogP contribution >= 0.6 is 24.2 Å². The zero-order chi connectivity index (χ0) is 13.1. The van der Waals surface area contributed by atoms with Crippen LogP contribution in [0, 0.1) is 0 Å². The number of alkyl halides is 3. The van der Waals surface area contributed by atoms with E-state index in [0.29, 0.717) is 0 Å². The van der Waals surface area contributed by atoms with Gasteiger partial charge in [0.2, 0.25) is 5.91 Å². The van der Waals surface area contributed by atoms with Crippen molar-refractivity contribution in [1.82, 2.24) is 5.32 Å². The molecule has 1 rings (SSSR count). The van der Waals surface area contributed by atoms with Gasteiger partial charge in [-0.2, -0.15) is 25.8 Å². The summed E-state index contributed by atoms with van der Waals surface area (Å²) >= 11 is 9.44. The number of hydrogen-bond donors (Lipinski definition) is 2. The molecule has 0 heterocycles. The Balaban J connectivity index is 2.89. The van der Waals surface area contributed by atoms with Crippen molar-refractivity contribution in [2.75, 3.05) is 5.75 Å². The van der Waals surface area contributed by atoms with Crippen molar-refractivity contribution in [3.63, 3.8) is 0 Å². The Hall–Kier alpha value is -0.880. The van der Waals surface area contributed by atoms with Crippen molar-refractivity contribution < 1.29 is 18.0 Å². The van der Waals surface area contributed by atoms with Gasteiger partial charge in [0, 0.05) is 0 Å². The van der Waals surface area contributed by atoms with Gasteiger partial charge in [-0.3, -0.25) is 4.79 Å². The van der Waals surface area contributed by atoms with Gasteiger partial charge in [-0.15, -0.1) is 0 Å². The molecule has 0 saturated heterocycles. The fourth-order valence-corrected chi connectivity index (χ4v) is 1.49. The highest BCUT2D eigenvalue weighted by Gasteiger charge is 2.32. The van der Waals surface area contributed by atoms with Gasteiger partial charge in [0.1, 0.15) is 0 Å². The molecule has 17 heavy (non-hydrogen) atoms. The molecule has 0 aromatic heterocycles. The average Bonchev–Trinajstić information content (AvgIpc) is 2.41. The molecule has 0 bridgehead atoms. The van der Waals surface area contributed by atoms with Crippen LogP contribution in [0.2, 0.25) is 0 Å². The topological polar surface area (TPSA) is 29.1 Å². The molecule has 1 aliphatic rings. The lowest BCUT2D eigenvalue weighted by Gasteiger charge is -2.08. The Morgan fingerprint density at radius 1 is 1.47 bits per heavy atom. The summed E-state index contributed by atoms with van der Waals surface area (Å²) in [6.45, 7) is 0. The number of allylic oxidation sites excluding steroid dienone is 5. The van der Waals surface area contributed by atoms with Gasteiger partial charge in [-0.25, -0.2) is 0 Å². The predicted molar refractivity (Wildman–Crippen MR) is 62.8 cm³/mol. The van der Waals surface area contributed by atoms with Gasteiger partial charge in [0.25, 0.3) is 0 Å². The molecule has 0 aromatic carbocycles. The van der Waals surface area contributed by atoms with Crippen LogP contribution in [0.1, 0.15) is 6.42 Å². The van der Waals surface area contributed by atoms with Gasteiger partial charge in [-0.05, 0) is 12.5 Å². The number of hydrogen-bond acceptors (Lipinski definition) is 2. The van der Waals surface area contributed by atoms with E-state index in [4.69, 9.17) is 11.6 Å². The summed E-state index contributed by atoms with van der Waals surface area (Å²) in [6.07, 6.45) is -1.19. The largest absolute Gasteiger partial charge is 0.416 e. The van der Waals surface area contributed by atoms with Crippen LogP contribution in [0.4, 0.5) is 13.2 Å². The van der Waals surface area contributed by atoms with Crippen LogP contribution in [0.15, 0.2) is 34.5 Å². The summed E-state index contributed by atoms with van der Waals surface area (Å²) in [6, 6.07) is 0. The molecule has 1 aliphatic carbocycles. The van der Waals surface area contributed by atoms with Crippen LogP contribution in [-0.4, -0.2) is 17.8 Å². The van der Waals surface area contributed by atoms with E-state index in [9.17, 15) is 18.0 Å². The molecule has 0 unspecified atom stereocenters. The second-order valence-corrected chi connectivity index (χ2v) is 3.93. The summed E-state index contributed by atoms with van der Waals surface area (Å²) in [7, 11) is 0. The Labute approximate surface area is 107 Å². The maximum Gasteiger partial charge on any atom is 0.416 e. The number of carbonyl (C=O) groups is 1. The quantitative estimate of drug-likeness (QED) is 0.750. The highest BCUT2D eigenvalue weighted by molar-refractivity contribution is 7.81. The van der Waals surface area contributed by atoms with E-state index in [2.05, 4.69) is 17.9 Å². The van der Waals surface area contributed by atoms with E-state index < -0.39 is 17.7 Å². The molecular weight excluding hydrogens is 275 g/mol. The normalized spacial score (nSPS) is 16.6. The van der Waals surface area contributed by atoms with Crippen molar-refractivity contribution in [3.05, 3.63) is 34.5 Å². The van der Waals surface area contributed by atoms with Crippen molar-refractivity contribution in [2.45, 2.75) is 12.6 Å². The van der Waals surface area contributed by atoms with Crippen LogP contribution in [-0.2, 0) is 4.79 Å². The van der Waals surface area contributed by atoms with Gasteiger partial charge in [0.05, 0.1) is 22.1 Å². The number of nitrogens with one attached hydrogen (secondary N) is 1. The highest BCUT2D eigenvalue weighted by Crippen LogP contribution is 2.31. The average molecular weight is 284 g/mol. The second kappa shape index (κ2) is 5.64. The molecular formula is C10H9ClF3NOS. The van der Waals surface area contributed by atoms with Crippen molar-refractivity contribution >= 4 is 30.1 Å². The monoisotopic (exact) mass is 283 g/mol. The van der Waals surface area contributed by atoms with Gasteiger partial charge in [-0.1, -0.05) is 23.8 Å². The third-order valence-corrected chi connectivity index (χ3v) is 2.54. The molecule has 1 N–H and O–H groups in total. The maximum atomic E-state index is 12.5. The molecule has 1 amide bonds. The van der Waals surface area contributed by atoms with E-state index in [0.717, 1.165) is 12.2 Å². The Kier molecular flexibility index (Phi) is 4.70. The van der Waals surface area contributed by atoms with Crippen LogP contribution in [0.25, 0.3) is 0 Å². The molecule has 2 nitrogen and oxygen atoms in total. The molecule has 0 spiro atoms. The highest BCUT2D eigenvalue weighted by atomic mass is 35.5. The summed E-state index contributed by atoms with van der Waals surface area (Å²) in [5, 5.41) is 2.22. The first-order valence-corrected chi connectivity index (χ1v) is 5.61. The van der Waals surface area contributed by atoms with Crippen molar-refractivity contribution in [3.8, 4) is 0 Å². The van der Waals surface area contributed by atoms with E-state index in [-0.39, 0.29) is 22.9 Å². The summed E-state index contributed by atoms with van der Waals surface area (Å²) in [4.78, 5) is 11.1. The van der Waals surface area contributed by atoms with Gasteiger partial charge >= 0.3 is 6.18 Å². The zero-order valence-corrected chi connectivity index (χ0v) is 10.2. The minimum atomic E-state index is -4.45.